The highest BCUT2D eigenvalue weighted by molar-refractivity contribution is 5.78. The topological polar surface area (TPSA) is 57.5 Å². The van der Waals surface area contributed by atoms with Gasteiger partial charge in [-0.2, -0.15) is 0 Å². The van der Waals surface area contributed by atoms with Gasteiger partial charge in [0, 0.05) is 12.8 Å². The van der Waals surface area contributed by atoms with Crippen molar-refractivity contribution >= 4 is 5.97 Å². The maximum absolute atomic E-state index is 13.0. The SMILES string of the molecule is CC1(C)CCC(O)(C2(C(=O)O)CC(F)(F)C2)C1. The average molecular weight is 248 g/mol. The molecule has 3 nitrogen and oxygen atoms in total. The van der Waals surface area contributed by atoms with E-state index in [0.29, 0.717) is 12.8 Å². The van der Waals surface area contributed by atoms with Crippen LogP contribution in [0, 0.1) is 10.8 Å². The Bertz CT molecular complexity index is 357. The summed E-state index contributed by atoms with van der Waals surface area (Å²) in [4.78, 5) is 11.3. The molecule has 2 aliphatic carbocycles. The first-order valence-electron chi connectivity index (χ1n) is 5.86. The van der Waals surface area contributed by atoms with E-state index < -0.39 is 35.7 Å². The van der Waals surface area contributed by atoms with E-state index in [1.165, 1.54) is 0 Å². The molecule has 2 rings (SSSR count). The molecule has 1 atom stereocenters. The van der Waals surface area contributed by atoms with Crippen molar-refractivity contribution in [2.45, 2.75) is 57.5 Å². The lowest BCUT2D eigenvalue weighted by atomic mass is 9.55. The molecule has 0 heterocycles. The standard InChI is InChI=1S/C12H18F2O3/c1-9(2)3-4-11(17,5-9)10(8(15)16)6-12(13,14)7-10/h17H,3-7H2,1-2H3,(H,15,16). The summed E-state index contributed by atoms with van der Waals surface area (Å²) < 4.78 is 26.1. The molecule has 17 heavy (non-hydrogen) atoms. The number of halogens is 2. The van der Waals surface area contributed by atoms with Crippen molar-refractivity contribution in [3.05, 3.63) is 0 Å². The van der Waals surface area contributed by atoms with Gasteiger partial charge in [0.15, 0.2) is 0 Å². The summed E-state index contributed by atoms with van der Waals surface area (Å²) in [5.41, 5.74) is -3.31. The summed E-state index contributed by atoms with van der Waals surface area (Å²) >= 11 is 0. The van der Waals surface area contributed by atoms with Crippen LogP contribution in [0.3, 0.4) is 0 Å². The van der Waals surface area contributed by atoms with Crippen LogP contribution in [-0.4, -0.2) is 27.7 Å². The second-order valence-corrected chi connectivity index (χ2v) is 6.47. The molecule has 0 aromatic heterocycles. The molecule has 0 aliphatic heterocycles. The first-order valence-corrected chi connectivity index (χ1v) is 5.86. The highest BCUT2D eigenvalue weighted by atomic mass is 19.3. The fourth-order valence-corrected chi connectivity index (χ4v) is 3.43. The molecular weight excluding hydrogens is 230 g/mol. The maximum Gasteiger partial charge on any atom is 0.313 e. The second-order valence-electron chi connectivity index (χ2n) is 6.47. The lowest BCUT2D eigenvalue weighted by molar-refractivity contribution is -0.244. The van der Waals surface area contributed by atoms with Gasteiger partial charge >= 0.3 is 5.97 Å². The van der Waals surface area contributed by atoms with E-state index in [1.54, 1.807) is 0 Å². The Balaban J connectivity index is 2.28. The van der Waals surface area contributed by atoms with E-state index in [0.717, 1.165) is 0 Å². The normalized spacial score (nSPS) is 37.5. The van der Waals surface area contributed by atoms with Crippen LogP contribution >= 0.6 is 0 Å². The minimum atomic E-state index is -2.94. The molecule has 2 saturated carbocycles. The van der Waals surface area contributed by atoms with Crippen molar-refractivity contribution in [2.24, 2.45) is 10.8 Å². The van der Waals surface area contributed by atoms with Gasteiger partial charge in [0.05, 0.1) is 5.60 Å². The number of aliphatic carboxylic acids is 1. The Morgan fingerprint density at radius 1 is 1.12 bits per heavy atom. The van der Waals surface area contributed by atoms with E-state index in [-0.39, 0.29) is 11.8 Å². The third-order valence-corrected chi connectivity index (χ3v) is 4.41. The monoisotopic (exact) mass is 248 g/mol. The smallest absolute Gasteiger partial charge is 0.313 e. The zero-order valence-corrected chi connectivity index (χ0v) is 10.1. The Labute approximate surface area is 98.8 Å². The lowest BCUT2D eigenvalue weighted by Crippen LogP contribution is -2.63. The van der Waals surface area contributed by atoms with Gasteiger partial charge in [-0.05, 0) is 24.7 Å². The highest BCUT2D eigenvalue weighted by Gasteiger charge is 2.71. The Morgan fingerprint density at radius 2 is 1.65 bits per heavy atom. The van der Waals surface area contributed by atoms with Crippen LogP contribution in [0.1, 0.15) is 46.0 Å². The van der Waals surface area contributed by atoms with Gasteiger partial charge in [0.2, 0.25) is 0 Å². The van der Waals surface area contributed by atoms with E-state index >= 15 is 0 Å². The van der Waals surface area contributed by atoms with Crippen LogP contribution in [0.25, 0.3) is 0 Å². The minimum Gasteiger partial charge on any atom is -0.481 e. The zero-order chi connectivity index (χ0) is 13.1. The summed E-state index contributed by atoms with van der Waals surface area (Å²) in [6, 6.07) is 0. The van der Waals surface area contributed by atoms with Crippen LogP contribution in [0.15, 0.2) is 0 Å². The van der Waals surface area contributed by atoms with Gasteiger partial charge in [0.25, 0.3) is 5.92 Å². The third-order valence-electron chi connectivity index (χ3n) is 4.41. The molecule has 0 spiro atoms. The first-order chi connectivity index (χ1) is 7.52. The maximum atomic E-state index is 13.0. The van der Waals surface area contributed by atoms with E-state index in [2.05, 4.69) is 0 Å². The molecule has 0 saturated heterocycles. The summed E-state index contributed by atoms with van der Waals surface area (Å²) in [5, 5.41) is 19.7. The average Bonchev–Trinajstić information content (AvgIpc) is 2.36. The van der Waals surface area contributed by atoms with E-state index in [1.807, 2.05) is 13.8 Å². The van der Waals surface area contributed by atoms with Gasteiger partial charge in [0.1, 0.15) is 5.41 Å². The van der Waals surface area contributed by atoms with Gasteiger partial charge in [-0.3, -0.25) is 4.79 Å². The van der Waals surface area contributed by atoms with Gasteiger partial charge < -0.3 is 10.2 Å². The predicted octanol–water partition coefficient (Wildman–Crippen LogP) is 2.43. The largest absolute Gasteiger partial charge is 0.481 e. The number of carboxylic acids is 1. The van der Waals surface area contributed by atoms with Crippen LogP contribution < -0.4 is 0 Å². The van der Waals surface area contributed by atoms with Crippen LogP contribution in [0.5, 0.6) is 0 Å². The molecule has 0 aromatic rings. The van der Waals surface area contributed by atoms with Crippen molar-refractivity contribution in [1.29, 1.82) is 0 Å². The van der Waals surface area contributed by atoms with Crippen molar-refractivity contribution in [3.63, 3.8) is 0 Å². The fourth-order valence-electron chi connectivity index (χ4n) is 3.43. The minimum absolute atomic E-state index is 0.178. The lowest BCUT2D eigenvalue weighted by Gasteiger charge is -2.52. The number of hydrogen-bond donors (Lipinski definition) is 2. The number of carboxylic acid groups (broad SMARTS) is 1. The Hall–Kier alpha value is -0.710. The van der Waals surface area contributed by atoms with Crippen molar-refractivity contribution in [3.8, 4) is 0 Å². The van der Waals surface area contributed by atoms with E-state index in [9.17, 15) is 23.8 Å². The number of alkyl halides is 2. The molecule has 0 aromatic carbocycles. The summed E-state index contributed by atoms with van der Waals surface area (Å²) in [6.45, 7) is 3.86. The molecule has 98 valence electrons. The molecule has 2 N–H and O–H groups in total. The predicted molar refractivity (Wildman–Crippen MR) is 56.8 cm³/mol. The second kappa shape index (κ2) is 3.19. The summed E-state index contributed by atoms with van der Waals surface area (Å²) in [7, 11) is 0. The van der Waals surface area contributed by atoms with Crippen LogP contribution in [0.4, 0.5) is 8.78 Å². The van der Waals surface area contributed by atoms with Crippen molar-refractivity contribution < 1.29 is 23.8 Å². The molecular formula is C12H18F2O3. The highest BCUT2D eigenvalue weighted by Crippen LogP contribution is 2.64. The first kappa shape index (κ1) is 12.7. The number of rotatable bonds is 2. The number of hydrogen-bond acceptors (Lipinski definition) is 2. The third kappa shape index (κ3) is 1.75. The van der Waals surface area contributed by atoms with Crippen LogP contribution in [-0.2, 0) is 4.79 Å². The Kier molecular flexibility index (Phi) is 2.39. The number of aliphatic hydroxyl groups is 1. The molecule has 0 bridgehead atoms. The number of carbonyl (C=O) groups is 1. The van der Waals surface area contributed by atoms with Crippen LogP contribution in [0.2, 0.25) is 0 Å². The molecule has 2 aliphatic rings. The quantitative estimate of drug-likeness (QED) is 0.789. The molecule has 0 radical (unpaired) electrons. The molecule has 5 heteroatoms. The summed E-state index contributed by atoms with van der Waals surface area (Å²) in [6.07, 6.45) is -0.224. The van der Waals surface area contributed by atoms with Crippen molar-refractivity contribution in [2.75, 3.05) is 0 Å². The summed E-state index contributed by atoms with van der Waals surface area (Å²) in [5.74, 6) is -4.23. The zero-order valence-electron chi connectivity index (χ0n) is 10.1. The molecule has 2 fully saturated rings. The molecule has 1 unspecified atom stereocenters. The fraction of sp³-hybridized carbons (Fsp3) is 0.917. The van der Waals surface area contributed by atoms with E-state index in [4.69, 9.17) is 0 Å². The van der Waals surface area contributed by atoms with Gasteiger partial charge in [-0.15, -0.1) is 0 Å². The van der Waals surface area contributed by atoms with Gasteiger partial charge in [-0.1, -0.05) is 13.8 Å². The van der Waals surface area contributed by atoms with Crippen molar-refractivity contribution in [1.82, 2.24) is 0 Å². The van der Waals surface area contributed by atoms with Gasteiger partial charge in [-0.25, -0.2) is 8.78 Å². The molecule has 0 amide bonds. The Morgan fingerprint density at radius 3 is 1.94 bits per heavy atom.